The molecule has 2 rings (SSSR count). The molecule has 0 amide bonds. The van der Waals surface area contributed by atoms with Crippen LogP contribution in [0.2, 0.25) is 0 Å². The minimum absolute atomic E-state index is 0.0474. The number of rotatable bonds is 3. The number of carbonyl (C=O) groups is 1. The topological polar surface area (TPSA) is 109 Å². The van der Waals surface area contributed by atoms with Gasteiger partial charge in [-0.1, -0.05) is 0 Å². The first-order chi connectivity index (χ1) is 8.72. The van der Waals surface area contributed by atoms with Crippen LogP contribution in [0, 0.1) is 5.92 Å². The third-order valence-electron chi connectivity index (χ3n) is 3.71. The number of piperidine rings is 1. The molecule has 0 aliphatic carbocycles. The Morgan fingerprint density at radius 1 is 1.26 bits per heavy atom. The minimum atomic E-state index is -3.71. The van der Waals surface area contributed by atoms with Gasteiger partial charge in [0.2, 0.25) is 10.0 Å². The summed E-state index contributed by atoms with van der Waals surface area (Å²) in [5.74, 6) is -2.14. The number of sulfonamides is 1. The quantitative estimate of drug-likeness (QED) is 0.738. The van der Waals surface area contributed by atoms with Crippen molar-refractivity contribution in [1.29, 1.82) is 0 Å². The van der Waals surface area contributed by atoms with Gasteiger partial charge < -0.3 is 5.11 Å². The summed E-state index contributed by atoms with van der Waals surface area (Å²) in [6, 6.07) is 0. The van der Waals surface area contributed by atoms with Crippen molar-refractivity contribution in [3.05, 3.63) is 0 Å². The lowest BCUT2D eigenvalue weighted by atomic mass is 10.0. The van der Waals surface area contributed by atoms with Gasteiger partial charge in [0.15, 0.2) is 9.84 Å². The molecule has 0 aromatic carbocycles. The van der Waals surface area contributed by atoms with Crippen molar-refractivity contribution < 1.29 is 26.7 Å². The summed E-state index contributed by atoms with van der Waals surface area (Å²) in [6.45, 7) is 0.233. The Balaban J connectivity index is 2.14. The van der Waals surface area contributed by atoms with Crippen LogP contribution in [-0.2, 0) is 24.7 Å². The monoisotopic (exact) mass is 311 g/mol. The highest BCUT2D eigenvalue weighted by Gasteiger charge is 2.42. The average molecular weight is 311 g/mol. The second kappa shape index (κ2) is 5.02. The van der Waals surface area contributed by atoms with E-state index in [1.165, 1.54) is 0 Å². The van der Waals surface area contributed by atoms with E-state index in [1.54, 1.807) is 0 Å². The first-order valence-corrected chi connectivity index (χ1v) is 9.47. The maximum absolute atomic E-state index is 12.3. The van der Waals surface area contributed by atoms with Crippen LogP contribution in [0.3, 0.4) is 0 Å². The lowest BCUT2D eigenvalue weighted by Crippen LogP contribution is -2.46. The molecule has 1 N–H and O–H groups in total. The highest BCUT2D eigenvalue weighted by molar-refractivity contribution is 7.95. The van der Waals surface area contributed by atoms with Gasteiger partial charge in [-0.15, -0.1) is 0 Å². The van der Waals surface area contributed by atoms with E-state index in [1.807, 2.05) is 0 Å². The fraction of sp³-hybridized carbons (Fsp3) is 0.900. The molecule has 2 aliphatic heterocycles. The summed E-state index contributed by atoms with van der Waals surface area (Å²) in [5.41, 5.74) is 0. The van der Waals surface area contributed by atoms with E-state index in [-0.39, 0.29) is 31.0 Å². The molecule has 0 aromatic rings. The Bertz CT molecular complexity index is 567. The van der Waals surface area contributed by atoms with Crippen LogP contribution < -0.4 is 0 Å². The maximum atomic E-state index is 12.3. The zero-order chi connectivity index (χ0) is 14.3. The molecule has 19 heavy (non-hydrogen) atoms. The average Bonchev–Trinajstić information content (AvgIpc) is 2.70. The molecule has 2 atom stereocenters. The molecule has 2 saturated heterocycles. The standard InChI is InChI=1S/C10H17NO6S2/c12-10(13)8-2-1-4-11(6-8)19(16,17)9-3-5-18(14,15)7-9/h8-9H,1-7H2,(H,12,13)/t8-,9?/m0/s1. The van der Waals surface area contributed by atoms with Crippen LogP contribution in [0.1, 0.15) is 19.3 Å². The van der Waals surface area contributed by atoms with Crippen LogP contribution in [-0.4, -0.2) is 62.1 Å². The van der Waals surface area contributed by atoms with Gasteiger partial charge in [-0.3, -0.25) is 4.79 Å². The van der Waals surface area contributed by atoms with E-state index in [2.05, 4.69) is 0 Å². The molecule has 0 bridgehead atoms. The Hall–Kier alpha value is -0.670. The third kappa shape index (κ3) is 3.09. The zero-order valence-electron chi connectivity index (χ0n) is 10.4. The number of hydrogen-bond donors (Lipinski definition) is 1. The van der Waals surface area contributed by atoms with Crippen LogP contribution in [0.4, 0.5) is 0 Å². The Morgan fingerprint density at radius 3 is 2.47 bits per heavy atom. The maximum Gasteiger partial charge on any atom is 0.307 e. The van der Waals surface area contributed by atoms with Crippen molar-refractivity contribution in [3.8, 4) is 0 Å². The van der Waals surface area contributed by atoms with Gasteiger partial charge in [-0.2, -0.15) is 0 Å². The van der Waals surface area contributed by atoms with Crippen molar-refractivity contribution in [2.75, 3.05) is 24.6 Å². The van der Waals surface area contributed by atoms with E-state index in [9.17, 15) is 21.6 Å². The SMILES string of the molecule is O=C(O)[C@H]1CCCN(S(=O)(=O)C2CCS(=O)(=O)C2)C1. The van der Waals surface area contributed by atoms with Crippen LogP contribution in [0.15, 0.2) is 0 Å². The molecule has 2 heterocycles. The number of sulfone groups is 1. The molecule has 110 valence electrons. The highest BCUT2D eigenvalue weighted by atomic mass is 32.2. The molecule has 1 unspecified atom stereocenters. The predicted octanol–water partition coefficient (Wildman–Crippen LogP) is -0.700. The van der Waals surface area contributed by atoms with Crippen LogP contribution in [0.25, 0.3) is 0 Å². The third-order valence-corrected chi connectivity index (χ3v) is 7.98. The van der Waals surface area contributed by atoms with Crippen molar-refractivity contribution in [2.24, 2.45) is 5.92 Å². The lowest BCUT2D eigenvalue weighted by Gasteiger charge is -2.31. The molecule has 0 aromatic heterocycles. The second-order valence-corrected chi connectivity index (χ2v) is 9.55. The number of hydrogen-bond acceptors (Lipinski definition) is 5. The first-order valence-electron chi connectivity index (χ1n) is 6.14. The molecule has 7 nitrogen and oxygen atoms in total. The molecule has 0 spiro atoms. The number of carboxylic acids is 1. The lowest BCUT2D eigenvalue weighted by molar-refractivity contribution is -0.142. The summed E-state index contributed by atoms with van der Waals surface area (Å²) >= 11 is 0. The molecule has 9 heteroatoms. The van der Waals surface area contributed by atoms with Crippen molar-refractivity contribution in [1.82, 2.24) is 4.31 Å². The normalized spacial score (nSPS) is 32.2. The van der Waals surface area contributed by atoms with Crippen LogP contribution >= 0.6 is 0 Å². The van der Waals surface area contributed by atoms with E-state index in [0.717, 1.165) is 4.31 Å². The molecule has 0 saturated carbocycles. The second-order valence-electron chi connectivity index (χ2n) is 5.11. The highest BCUT2D eigenvalue weighted by Crippen LogP contribution is 2.26. The fourth-order valence-electron chi connectivity index (χ4n) is 2.58. The molecule has 2 fully saturated rings. The summed E-state index contributed by atoms with van der Waals surface area (Å²) < 4.78 is 48.5. The minimum Gasteiger partial charge on any atom is -0.481 e. The van der Waals surface area contributed by atoms with Gasteiger partial charge in [-0.25, -0.2) is 21.1 Å². The van der Waals surface area contributed by atoms with E-state index in [4.69, 9.17) is 5.11 Å². The molecule has 0 radical (unpaired) electrons. The summed E-state index contributed by atoms with van der Waals surface area (Å²) in [5, 5.41) is 8.04. The smallest absolute Gasteiger partial charge is 0.307 e. The predicted molar refractivity (Wildman–Crippen MR) is 67.9 cm³/mol. The summed E-state index contributed by atoms with van der Waals surface area (Å²) in [6.07, 6.45) is 1.07. The van der Waals surface area contributed by atoms with E-state index >= 15 is 0 Å². The van der Waals surface area contributed by atoms with Gasteiger partial charge in [0.25, 0.3) is 0 Å². The Labute approximate surface area is 112 Å². The van der Waals surface area contributed by atoms with Gasteiger partial charge in [0.1, 0.15) is 0 Å². The number of carboxylic acid groups (broad SMARTS) is 1. The number of nitrogens with zero attached hydrogens (tertiary/aromatic N) is 1. The van der Waals surface area contributed by atoms with Gasteiger partial charge in [0.05, 0.1) is 22.7 Å². The Kier molecular flexibility index (Phi) is 3.90. The summed E-state index contributed by atoms with van der Waals surface area (Å²) in [7, 11) is -6.98. The van der Waals surface area contributed by atoms with Crippen molar-refractivity contribution in [2.45, 2.75) is 24.5 Å². The molecular weight excluding hydrogens is 294 g/mol. The number of aliphatic carboxylic acids is 1. The van der Waals surface area contributed by atoms with E-state index in [0.29, 0.717) is 12.8 Å². The van der Waals surface area contributed by atoms with Gasteiger partial charge >= 0.3 is 5.97 Å². The van der Waals surface area contributed by atoms with Gasteiger partial charge in [0, 0.05) is 13.1 Å². The van der Waals surface area contributed by atoms with E-state index < -0.39 is 37.0 Å². The van der Waals surface area contributed by atoms with Crippen LogP contribution in [0.5, 0.6) is 0 Å². The fourth-order valence-corrected chi connectivity index (χ4v) is 7.19. The summed E-state index contributed by atoms with van der Waals surface area (Å²) in [4.78, 5) is 10.9. The Morgan fingerprint density at radius 2 is 1.95 bits per heavy atom. The van der Waals surface area contributed by atoms with Crippen molar-refractivity contribution in [3.63, 3.8) is 0 Å². The first kappa shape index (κ1) is 14.7. The largest absolute Gasteiger partial charge is 0.481 e. The molecule has 2 aliphatic rings. The van der Waals surface area contributed by atoms with Crippen molar-refractivity contribution >= 4 is 25.8 Å². The zero-order valence-corrected chi connectivity index (χ0v) is 12.0. The van der Waals surface area contributed by atoms with Gasteiger partial charge in [-0.05, 0) is 19.3 Å². The molecular formula is C10H17NO6S2.